The number of nitrogens with one attached hydrogen (secondary N) is 2. The summed E-state index contributed by atoms with van der Waals surface area (Å²) in [5.41, 5.74) is 1.63. The molecule has 10 heteroatoms. The number of rotatable bonds is 10. The Morgan fingerprint density at radius 1 is 0.946 bits per heavy atom. The van der Waals surface area contributed by atoms with Crippen LogP contribution in [0, 0.1) is 0 Å². The Morgan fingerprint density at radius 3 is 2.38 bits per heavy atom. The minimum absolute atomic E-state index is 0.0178. The summed E-state index contributed by atoms with van der Waals surface area (Å²) in [6.45, 7) is 2.24. The Bertz CT molecular complexity index is 1340. The lowest BCUT2D eigenvalue weighted by molar-refractivity contribution is -0.124. The normalized spacial score (nSPS) is 13.3. The van der Waals surface area contributed by atoms with E-state index in [2.05, 4.69) is 10.0 Å². The van der Waals surface area contributed by atoms with Crippen LogP contribution >= 0.6 is 0 Å². The molecule has 194 valence electrons. The molecule has 1 heterocycles. The maximum Gasteiger partial charge on any atom is 0.338 e. The number of fused-ring (bicyclic) bond motifs is 1. The van der Waals surface area contributed by atoms with Gasteiger partial charge in [-0.25, -0.2) is 13.2 Å². The fourth-order valence-corrected chi connectivity index (χ4v) is 4.78. The number of sulfonamides is 1. The number of benzene rings is 3. The largest absolute Gasteiger partial charge is 0.486 e. The first-order valence-electron chi connectivity index (χ1n) is 11.8. The summed E-state index contributed by atoms with van der Waals surface area (Å²) in [7, 11) is -3.89. The number of anilines is 1. The SMILES string of the molecule is C[C@@H](CCc1ccccc1)NC(=O)COC(=O)c1ccc(NS(=O)(=O)c2ccc3c(c2)OCCO3)cc1. The van der Waals surface area contributed by atoms with E-state index in [0.29, 0.717) is 24.7 Å². The Balaban J connectivity index is 1.25. The molecule has 0 aromatic heterocycles. The van der Waals surface area contributed by atoms with Gasteiger partial charge in [0.15, 0.2) is 18.1 Å². The predicted octanol–water partition coefficient (Wildman–Crippen LogP) is 3.55. The Labute approximate surface area is 215 Å². The average molecular weight is 525 g/mol. The molecular weight excluding hydrogens is 496 g/mol. The van der Waals surface area contributed by atoms with Crippen molar-refractivity contribution in [2.45, 2.75) is 30.7 Å². The molecule has 9 nitrogen and oxygen atoms in total. The molecule has 2 N–H and O–H groups in total. The van der Waals surface area contributed by atoms with Crippen LogP contribution in [-0.2, 0) is 26.0 Å². The highest BCUT2D eigenvalue weighted by atomic mass is 32.2. The third kappa shape index (κ3) is 7.23. The van der Waals surface area contributed by atoms with Gasteiger partial charge in [-0.05, 0) is 61.7 Å². The highest BCUT2D eigenvalue weighted by molar-refractivity contribution is 7.92. The van der Waals surface area contributed by atoms with E-state index in [1.807, 2.05) is 37.3 Å². The summed E-state index contributed by atoms with van der Waals surface area (Å²) in [5.74, 6) is -0.226. The molecule has 0 bridgehead atoms. The zero-order valence-electron chi connectivity index (χ0n) is 20.3. The first kappa shape index (κ1) is 26.0. The fourth-order valence-electron chi connectivity index (χ4n) is 3.71. The van der Waals surface area contributed by atoms with Crippen molar-refractivity contribution in [2.24, 2.45) is 0 Å². The molecule has 0 saturated heterocycles. The van der Waals surface area contributed by atoms with Gasteiger partial charge in [-0.1, -0.05) is 30.3 Å². The molecule has 1 aliphatic heterocycles. The van der Waals surface area contributed by atoms with Crippen molar-refractivity contribution in [3.8, 4) is 11.5 Å². The topological polar surface area (TPSA) is 120 Å². The maximum absolute atomic E-state index is 12.8. The second kappa shape index (κ2) is 11.8. The second-order valence-electron chi connectivity index (χ2n) is 8.56. The number of carbonyl (C=O) groups excluding carboxylic acids is 2. The van der Waals surface area contributed by atoms with Gasteiger partial charge in [-0.2, -0.15) is 0 Å². The third-order valence-corrected chi connectivity index (χ3v) is 7.03. The summed E-state index contributed by atoms with van der Waals surface area (Å²) in [5, 5.41) is 2.82. The van der Waals surface area contributed by atoms with Gasteiger partial charge in [-0.3, -0.25) is 9.52 Å². The quantitative estimate of drug-likeness (QED) is 0.389. The lowest BCUT2D eigenvalue weighted by atomic mass is 10.1. The average Bonchev–Trinajstić information content (AvgIpc) is 2.91. The fraction of sp³-hybridized carbons (Fsp3) is 0.259. The van der Waals surface area contributed by atoms with E-state index in [-0.39, 0.29) is 22.2 Å². The molecule has 1 aliphatic rings. The van der Waals surface area contributed by atoms with Crippen LogP contribution < -0.4 is 19.5 Å². The van der Waals surface area contributed by atoms with E-state index in [4.69, 9.17) is 14.2 Å². The minimum Gasteiger partial charge on any atom is -0.486 e. The van der Waals surface area contributed by atoms with E-state index in [1.165, 1.54) is 42.0 Å². The zero-order valence-corrected chi connectivity index (χ0v) is 21.1. The number of hydrogen-bond donors (Lipinski definition) is 2. The summed E-state index contributed by atoms with van der Waals surface area (Å²) >= 11 is 0. The molecule has 1 atom stereocenters. The summed E-state index contributed by atoms with van der Waals surface area (Å²) in [6.07, 6.45) is 1.58. The van der Waals surface area contributed by atoms with Crippen LogP contribution in [-0.4, -0.2) is 46.2 Å². The highest BCUT2D eigenvalue weighted by Crippen LogP contribution is 2.32. The molecule has 3 aromatic rings. The van der Waals surface area contributed by atoms with Crippen LogP contribution in [0.4, 0.5) is 5.69 Å². The van der Waals surface area contributed by atoms with E-state index >= 15 is 0 Å². The number of hydrogen-bond acceptors (Lipinski definition) is 7. The van der Waals surface area contributed by atoms with E-state index in [9.17, 15) is 18.0 Å². The van der Waals surface area contributed by atoms with Gasteiger partial charge in [0.2, 0.25) is 0 Å². The van der Waals surface area contributed by atoms with Crippen molar-refractivity contribution in [2.75, 3.05) is 24.5 Å². The summed E-state index contributed by atoms with van der Waals surface area (Å²) < 4.78 is 43.9. The number of carbonyl (C=O) groups is 2. The Hall–Kier alpha value is -4.05. The molecule has 0 fully saturated rings. The van der Waals surface area contributed by atoms with Crippen molar-refractivity contribution >= 4 is 27.6 Å². The van der Waals surface area contributed by atoms with Crippen LogP contribution in [0.1, 0.15) is 29.3 Å². The second-order valence-corrected chi connectivity index (χ2v) is 10.2. The van der Waals surface area contributed by atoms with Gasteiger partial charge < -0.3 is 19.5 Å². The standard InChI is InChI=1S/C27H28N2O7S/c1-19(7-8-20-5-3-2-4-6-20)28-26(30)18-36-27(31)21-9-11-22(12-10-21)29-37(32,33)23-13-14-24-25(17-23)35-16-15-34-24/h2-6,9-14,17,19,29H,7-8,15-16,18H2,1H3,(H,28,30)/t19-/m0/s1. The summed E-state index contributed by atoms with van der Waals surface area (Å²) in [4.78, 5) is 24.5. The van der Waals surface area contributed by atoms with Gasteiger partial charge in [0, 0.05) is 17.8 Å². The molecule has 3 aromatic carbocycles. The van der Waals surface area contributed by atoms with Crippen molar-refractivity contribution in [3.05, 3.63) is 83.9 Å². The monoisotopic (exact) mass is 524 g/mol. The molecule has 0 spiro atoms. The number of ether oxygens (including phenoxy) is 3. The van der Waals surface area contributed by atoms with Gasteiger partial charge in [0.05, 0.1) is 10.5 Å². The van der Waals surface area contributed by atoms with Crippen molar-refractivity contribution in [3.63, 3.8) is 0 Å². The maximum atomic E-state index is 12.8. The van der Waals surface area contributed by atoms with Crippen LogP contribution in [0.15, 0.2) is 77.7 Å². The zero-order chi connectivity index (χ0) is 26.3. The lowest BCUT2D eigenvalue weighted by Crippen LogP contribution is -2.36. The van der Waals surface area contributed by atoms with Crippen LogP contribution in [0.5, 0.6) is 11.5 Å². The van der Waals surface area contributed by atoms with Crippen LogP contribution in [0.25, 0.3) is 0 Å². The van der Waals surface area contributed by atoms with Crippen LogP contribution in [0.2, 0.25) is 0 Å². The van der Waals surface area contributed by atoms with Crippen LogP contribution in [0.3, 0.4) is 0 Å². The van der Waals surface area contributed by atoms with E-state index in [1.54, 1.807) is 6.07 Å². The molecule has 4 rings (SSSR count). The van der Waals surface area contributed by atoms with Crippen molar-refractivity contribution in [1.29, 1.82) is 0 Å². The molecule has 1 amide bonds. The molecular formula is C27H28N2O7S. The van der Waals surface area contributed by atoms with Gasteiger partial charge in [-0.15, -0.1) is 0 Å². The smallest absolute Gasteiger partial charge is 0.338 e. The number of amides is 1. The van der Waals surface area contributed by atoms with E-state index in [0.717, 1.165) is 12.8 Å². The van der Waals surface area contributed by atoms with Gasteiger partial charge in [0.25, 0.3) is 15.9 Å². The minimum atomic E-state index is -3.89. The van der Waals surface area contributed by atoms with Gasteiger partial charge >= 0.3 is 5.97 Å². The summed E-state index contributed by atoms with van der Waals surface area (Å²) in [6, 6.07) is 20.0. The molecule has 0 unspecified atom stereocenters. The number of esters is 1. The molecule has 0 radical (unpaired) electrons. The Morgan fingerprint density at radius 2 is 1.65 bits per heavy atom. The predicted molar refractivity (Wildman–Crippen MR) is 137 cm³/mol. The van der Waals surface area contributed by atoms with Crippen molar-refractivity contribution in [1.82, 2.24) is 5.32 Å². The highest BCUT2D eigenvalue weighted by Gasteiger charge is 2.20. The Kier molecular flexibility index (Phi) is 8.29. The van der Waals surface area contributed by atoms with E-state index < -0.39 is 28.5 Å². The molecule has 0 saturated carbocycles. The lowest BCUT2D eigenvalue weighted by Gasteiger charge is -2.19. The molecule has 0 aliphatic carbocycles. The van der Waals surface area contributed by atoms with Gasteiger partial charge in [0.1, 0.15) is 13.2 Å². The number of aryl methyl sites for hydroxylation is 1. The van der Waals surface area contributed by atoms with Crippen molar-refractivity contribution < 1.29 is 32.2 Å². The first-order valence-corrected chi connectivity index (χ1v) is 13.3. The molecule has 37 heavy (non-hydrogen) atoms. The third-order valence-electron chi connectivity index (χ3n) is 5.65. The first-order chi connectivity index (χ1) is 17.8.